The number of carbonyl (C=O) groups is 3. The number of esters is 1. The minimum absolute atomic E-state index is 0.162. The SMILES string of the molecule is C=C(CCCCCCO[C@H]1CC[C@H](COc2ccc(OC[C@H]3CC[C@H](OCCCCCCC(=C)C(=O)O)CC3)c(C(=O)OCCCC#N)c2)CC1)C(=O)O. The van der Waals surface area contributed by atoms with Crippen LogP contribution >= 0.6 is 0 Å². The molecule has 0 atom stereocenters. The molecule has 2 aliphatic carbocycles. The monoisotopic (exact) mass is 753 g/mol. The van der Waals surface area contributed by atoms with Gasteiger partial charge in [-0.2, -0.15) is 5.26 Å². The highest BCUT2D eigenvalue weighted by Crippen LogP contribution is 2.32. The number of carbonyl (C=O) groups excluding carboxylic acids is 1. The summed E-state index contributed by atoms with van der Waals surface area (Å²) in [5.41, 5.74) is 0.879. The summed E-state index contributed by atoms with van der Waals surface area (Å²) in [6.45, 7) is 9.81. The van der Waals surface area contributed by atoms with E-state index in [0.29, 0.717) is 74.4 Å². The van der Waals surface area contributed by atoms with Gasteiger partial charge in [-0.25, -0.2) is 14.4 Å². The van der Waals surface area contributed by atoms with E-state index in [1.165, 1.54) is 0 Å². The molecule has 0 amide bonds. The maximum Gasteiger partial charge on any atom is 0.342 e. The van der Waals surface area contributed by atoms with Gasteiger partial charge in [0.25, 0.3) is 0 Å². The molecule has 0 spiro atoms. The Balaban J connectivity index is 1.36. The number of nitriles is 1. The Kier molecular flexibility index (Phi) is 21.4. The average molecular weight is 754 g/mol. The van der Waals surface area contributed by atoms with E-state index in [2.05, 4.69) is 19.2 Å². The number of unbranched alkanes of at least 4 members (excludes halogenated alkanes) is 7. The summed E-state index contributed by atoms with van der Waals surface area (Å²) in [4.78, 5) is 34.8. The van der Waals surface area contributed by atoms with Gasteiger partial charge in [0, 0.05) is 30.8 Å². The highest BCUT2D eigenvalue weighted by atomic mass is 16.5. The smallest absolute Gasteiger partial charge is 0.342 e. The van der Waals surface area contributed by atoms with Gasteiger partial charge in [-0.15, -0.1) is 0 Å². The quantitative estimate of drug-likeness (QED) is 0.0477. The van der Waals surface area contributed by atoms with E-state index in [0.717, 1.165) is 109 Å². The molecule has 2 fully saturated rings. The molecule has 2 saturated carbocycles. The third-order valence-electron chi connectivity index (χ3n) is 10.4. The van der Waals surface area contributed by atoms with Crippen LogP contribution in [0.3, 0.4) is 0 Å². The van der Waals surface area contributed by atoms with Crippen LogP contribution in [0.4, 0.5) is 0 Å². The number of hydrogen-bond acceptors (Lipinski definition) is 9. The minimum atomic E-state index is -0.915. The van der Waals surface area contributed by atoms with Gasteiger partial charge in [0.1, 0.15) is 17.1 Å². The molecule has 0 heterocycles. The van der Waals surface area contributed by atoms with Crippen molar-refractivity contribution in [2.45, 2.75) is 141 Å². The molecule has 300 valence electrons. The van der Waals surface area contributed by atoms with Crippen molar-refractivity contribution < 1.29 is 48.3 Å². The van der Waals surface area contributed by atoms with E-state index < -0.39 is 17.9 Å². The fourth-order valence-electron chi connectivity index (χ4n) is 6.93. The first-order valence-electron chi connectivity index (χ1n) is 20.1. The van der Waals surface area contributed by atoms with Crippen molar-refractivity contribution in [2.24, 2.45) is 11.8 Å². The second-order valence-electron chi connectivity index (χ2n) is 14.9. The highest BCUT2D eigenvalue weighted by molar-refractivity contribution is 5.93. The molecule has 0 radical (unpaired) electrons. The molecular formula is C43H63NO10. The van der Waals surface area contributed by atoms with Crippen LogP contribution in [0.1, 0.15) is 139 Å². The fourth-order valence-corrected chi connectivity index (χ4v) is 6.93. The Hall–Kier alpha value is -3.88. The lowest BCUT2D eigenvalue weighted by Gasteiger charge is -2.29. The maximum atomic E-state index is 13.1. The Bertz CT molecular complexity index is 1350. The second kappa shape index (κ2) is 26.0. The molecule has 1 aromatic rings. The molecule has 3 rings (SSSR count). The number of benzene rings is 1. The summed E-state index contributed by atoms with van der Waals surface area (Å²) in [5, 5.41) is 26.7. The number of ether oxygens (including phenoxy) is 5. The zero-order valence-corrected chi connectivity index (χ0v) is 32.2. The van der Waals surface area contributed by atoms with Gasteiger partial charge in [-0.1, -0.05) is 38.8 Å². The summed E-state index contributed by atoms with van der Waals surface area (Å²) in [5.74, 6) is -0.480. The third-order valence-corrected chi connectivity index (χ3v) is 10.4. The van der Waals surface area contributed by atoms with Crippen molar-refractivity contribution in [2.75, 3.05) is 33.0 Å². The number of rotatable bonds is 28. The van der Waals surface area contributed by atoms with Crippen molar-refractivity contribution in [1.82, 2.24) is 0 Å². The number of carboxylic acids is 2. The molecule has 2 N–H and O–H groups in total. The zero-order valence-electron chi connectivity index (χ0n) is 32.2. The van der Waals surface area contributed by atoms with Gasteiger partial charge >= 0.3 is 17.9 Å². The molecule has 11 nitrogen and oxygen atoms in total. The van der Waals surface area contributed by atoms with Crippen molar-refractivity contribution in [1.29, 1.82) is 5.26 Å². The van der Waals surface area contributed by atoms with E-state index in [4.69, 9.17) is 39.2 Å². The van der Waals surface area contributed by atoms with Crippen molar-refractivity contribution in [3.63, 3.8) is 0 Å². The Morgan fingerprint density at radius 3 is 1.67 bits per heavy atom. The lowest BCUT2D eigenvalue weighted by molar-refractivity contribution is -0.133. The summed E-state index contributed by atoms with van der Waals surface area (Å²) < 4.78 is 30.2. The molecular weight excluding hydrogens is 690 g/mol. The minimum Gasteiger partial charge on any atom is -0.493 e. The number of aliphatic carboxylic acids is 2. The first kappa shape index (κ1) is 44.5. The highest BCUT2D eigenvalue weighted by Gasteiger charge is 2.25. The summed E-state index contributed by atoms with van der Waals surface area (Å²) >= 11 is 0. The normalized spacial score (nSPS) is 19.7. The van der Waals surface area contributed by atoms with Gasteiger partial charge in [-0.3, -0.25) is 0 Å². The molecule has 1 aromatic carbocycles. The topological polar surface area (TPSA) is 162 Å². The lowest BCUT2D eigenvalue weighted by Crippen LogP contribution is -2.25. The molecule has 2 aliphatic rings. The zero-order chi connectivity index (χ0) is 39.0. The molecule has 11 heteroatoms. The summed E-state index contributed by atoms with van der Waals surface area (Å²) in [6, 6.07) is 7.43. The lowest BCUT2D eigenvalue weighted by atomic mass is 9.88. The average Bonchev–Trinajstić information content (AvgIpc) is 3.17. The first-order valence-corrected chi connectivity index (χ1v) is 20.1. The molecule has 54 heavy (non-hydrogen) atoms. The summed E-state index contributed by atoms with van der Waals surface area (Å²) in [7, 11) is 0. The van der Waals surface area contributed by atoms with Crippen molar-refractivity contribution in [3.05, 3.63) is 48.1 Å². The van der Waals surface area contributed by atoms with Crippen LogP contribution in [0.15, 0.2) is 42.5 Å². The molecule has 0 aliphatic heterocycles. The largest absolute Gasteiger partial charge is 0.493 e. The van der Waals surface area contributed by atoms with Crippen LogP contribution in [0.25, 0.3) is 0 Å². The van der Waals surface area contributed by atoms with E-state index >= 15 is 0 Å². The van der Waals surface area contributed by atoms with Gasteiger partial charge in [0.05, 0.1) is 38.1 Å². The van der Waals surface area contributed by atoms with Gasteiger partial charge in [0.2, 0.25) is 0 Å². The van der Waals surface area contributed by atoms with E-state index in [1.54, 1.807) is 12.1 Å². The van der Waals surface area contributed by atoms with Crippen LogP contribution in [0.5, 0.6) is 11.5 Å². The van der Waals surface area contributed by atoms with Crippen molar-refractivity contribution in [3.8, 4) is 17.6 Å². The molecule has 0 saturated heterocycles. The third kappa shape index (κ3) is 18.0. The second-order valence-corrected chi connectivity index (χ2v) is 14.9. The standard InChI is InChI=1S/C43H63NO10/c1-32(41(45)46)13-7-3-5-10-26-50-36-19-15-34(16-20-36)30-53-38-23-24-40(39(29-38)43(49)52-28-12-9-25-44)54-31-35-17-21-37(22-18-35)51-27-11-6-4-8-14-33(2)42(47)48/h23-24,29,34-37H,1-22,26-28,30-31H2,(H,45,46)(H,47,48)/t34-,35-,36-,37-. The first-order chi connectivity index (χ1) is 26.2. The van der Waals surface area contributed by atoms with Gasteiger partial charge in [-0.05, 0) is 126 Å². The van der Waals surface area contributed by atoms with E-state index in [-0.39, 0.29) is 30.0 Å². The predicted molar refractivity (Wildman–Crippen MR) is 206 cm³/mol. The van der Waals surface area contributed by atoms with E-state index in [1.807, 2.05) is 6.07 Å². The maximum absolute atomic E-state index is 13.1. The van der Waals surface area contributed by atoms with Crippen LogP contribution in [0.2, 0.25) is 0 Å². The number of nitrogens with zero attached hydrogens (tertiary/aromatic N) is 1. The predicted octanol–water partition coefficient (Wildman–Crippen LogP) is 9.24. The van der Waals surface area contributed by atoms with Crippen molar-refractivity contribution >= 4 is 17.9 Å². The molecule has 0 unspecified atom stereocenters. The van der Waals surface area contributed by atoms with Crippen LogP contribution < -0.4 is 9.47 Å². The van der Waals surface area contributed by atoms with Crippen LogP contribution in [-0.4, -0.2) is 73.4 Å². The fraction of sp³-hybridized carbons (Fsp3) is 0.674. The number of carboxylic acid groups (broad SMARTS) is 2. The number of hydrogen-bond donors (Lipinski definition) is 2. The molecule has 0 aromatic heterocycles. The van der Waals surface area contributed by atoms with Crippen LogP contribution in [-0.2, 0) is 23.8 Å². The van der Waals surface area contributed by atoms with Gasteiger partial charge < -0.3 is 33.9 Å². The van der Waals surface area contributed by atoms with Crippen LogP contribution in [0, 0.1) is 23.2 Å². The summed E-state index contributed by atoms with van der Waals surface area (Å²) in [6.07, 6.45) is 17.9. The van der Waals surface area contributed by atoms with E-state index in [9.17, 15) is 14.4 Å². The molecule has 0 bridgehead atoms. The Morgan fingerprint density at radius 1 is 0.667 bits per heavy atom. The Morgan fingerprint density at radius 2 is 1.17 bits per heavy atom. The van der Waals surface area contributed by atoms with Gasteiger partial charge in [0.15, 0.2) is 0 Å². The Labute approximate surface area is 322 Å².